The fourth-order valence-electron chi connectivity index (χ4n) is 3.26. The third kappa shape index (κ3) is 4.56. The lowest BCUT2D eigenvalue weighted by Gasteiger charge is -2.42. The Labute approximate surface area is 127 Å². The smallest absolute Gasteiger partial charge is 0.407 e. The molecule has 3 atom stereocenters. The summed E-state index contributed by atoms with van der Waals surface area (Å²) in [6.45, 7) is 8.27. The lowest BCUT2D eigenvalue weighted by molar-refractivity contribution is -0.0700. The van der Waals surface area contributed by atoms with Crippen molar-refractivity contribution in [3.63, 3.8) is 0 Å². The summed E-state index contributed by atoms with van der Waals surface area (Å²) in [7, 11) is 0. The van der Waals surface area contributed by atoms with Crippen LogP contribution < -0.4 is 11.1 Å². The van der Waals surface area contributed by atoms with E-state index in [2.05, 4.69) is 10.2 Å². The van der Waals surface area contributed by atoms with Gasteiger partial charge in [0.1, 0.15) is 5.60 Å². The van der Waals surface area contributed by atoms with Crippen molar-refractivity contribution in [2.24, 2.45) is 5.73 Å². The number of hydrogen-bond donors (Lipinski definition) is 2. The number of rotatable bonds is 4. The molecule has 21 heavy (non-hydrogen) atoms. The van der Waals surface area contributed by atoms with E-state index in [1.165, 1.54) is 6.42 Å². The zero-order chi connectivity index (χ0) is 15.5. The van der Waals surface area contributed by atoms with Crippen LogP contribution in [-0.4, -0.2) is 61.0 Å². The van der Waals surface area contributed by atoms with Gasteiger partial charge in [-0.1, -0.05) is 0 Å². The number of hydrogen-bond acceptors (Lipinski definition) is 5. The zero-order valence-corrected chi connectivity index (χ0v) is 13.4. The van der Waals surface area contributed by atoms with Gasteiger partial charge in [0.15, 0.2) is 0 Å². The van der Waals surface area contributed by atoms with Gasteiger partial charge >= 0.3 is 6.09 Å². The second kappa shape index (κ2) is 6.94. The van der Waals surface area contributed by atoms with Crippen molar-refractivity contribution >= 4 is 6.09 Å². The molecule has 1 saturated heterocycles. The summed E-state index contributed by atoms with van der Waals surface area (Å²) < 4.78 is 11.1. The molecule has 6 nitrogen and oxygen atoms in total. The minimum Gasteiger partial charge on any atom is -0.444 e. The van der Waals surface area contributed by atoms with Crippen molar-refractivity contribution in [1.29, 1.82) is 0 Å². The Morgan fingerprint density at radius 3 is 2.90 bits per heavy atom. The van der Waals surface area contributed by atoms with Crippen LogP contribution in [0.4, 0.5) is 4.79 Å². The molecule has 2 rings (SSSR count). The standard InChI is InChI=1S/C15H29N3O3/c1-15(2,3)21-14(19)17-10-11(9-16)18-7-8-20-13-6-4-5-12(13)18/h11-13H,4-10,16H2,1-3H3,(H,17,19). The summed E-state index contributed by atoms with van der Waals surface area (Å²) in [5.74, 6) is 0. The van der Waals surface area contributed by atoms with Crippen LogP contribution >= 0.6 is 0 Å². The molecular weight excluding hydrogens is 270 g/mol. The molecule has 1 heterocycles. The van der Waals surface area contributed by atoms with Crippen molar-refractivity contribution < 1.29 is 14.3 Å². The highest BCUT2D eigenvalue weighted by Crippen LogP contribution is 2.30. The number of nitrogens with two attached hydrogens (primary N) is 1. The predicted octanol–water partition coefficient (Wildman–Crippen LogP) is 1.09. The first-order chi connectivity index (χ1) is 9.90. The first kappa shape index (κ1) is 16.5. The third-order valence-electron chi connectivity index (χ3n) is 4.15. The molecule has 0 aromatic carbocycles. The van der Waals surface area contributed by atoms with Crippen LogP contribution in [0.25, 0.3) is 0 Å². The van der Waals surface area contributed by atoms with Gasteiger partial charge in [-0.05, 0) is 40.0 Å². The normalized spacial score (nSPS) is 28.0. The predicted molar refractivity (Wildman–Crippen MR) is 81.2 cm³/mol. The van der Waals surface area contributed by atoms with Crippen molar-refractivity contribution in [3.8, 4) is 0 Å². The second-order valence-corrected chi connectivity index (χ2v) is 6.92. The Hall–Kier alpha value is -0.850. The topological polar surface area (TPSA) is 76.8 Å². The maximum absolute atomic E-state index is 11.8. The van der Waals surface area contributed by atoms with Crippen molar-refractivity contribution in [2.45, 2.75) is 63.8 Å². The van der Waals surface area contributed by atoms with Crippen LogP contribution in [0.5, 0.6) is 0 Å². The lowest BCUT2D eigenvalue weighted by atomic mass is 10.1. The molecule has 1 saturated carbocycles. The van der Waals surface area contributed by atoms with Gasteiger partial charge in [0.2, 0.25) is 0 Å². The van der Waals surface area contributed by atoms with E-state index in [0.717, 1.165) is 26.0 Å². The Morgan fingerprint density at radius 2 is 2.24 bits per heavy atom. The Kier molecular flexibility index (Phi) is 5.46. The van der Waals surface area contributed by atoms with Crippen molar-refractivity contribution in [1.82, 2.24) is 10.2 Å². The molecule has 0 bridgehead atoms. The molecule has 122 valence electrons. The van der Waals surface area contributed by atoms with E-state index in [0.29, 0.717) is 25.2 Å². The van der Waals surface area contributed by atoms with Crippen LogP contribution in [0.1, 0.15) is 40.0 Å². The van der Waals surface area contributed by atoms with E-state index in [1.807, 2.05) is 20.8 Å². The zero-order valence-electron chi connectivity index (χ0n) is 13.4. The van der Waals surface area contributed by atoms with E-state index < -0.39 is 5.60 Å². The molecule has 2 fully saturated rings. The van der Waals surface area contributed by atoms with Gasteiger partial charge in [0, 0.05) is 31.7 Å². The number of alkyl carbamates (subject to hydrolysis) is 1. The summed E-state index contributed by atoms with van der Waals surface area (Å²) in [5, 5.41) is 2.84. The Balaban J connectivity index is 1.86. The molecule has 3 unspecified atom stereocenters. The minimum absolute atomic E-state index is 0.145. The highest BCUT2D eigenvalue weighted by Gasteiger charge is 2.38. The number of nitrogens with one attached hydrogen (secondary N) is 1. The first-order valence-corrected chi connectivity index (χ1v) is 7.95. The van der Waals surface area contributed by atoms with Gasteiger partial charge in [-0.25, -0.2) is 4.79 Å². The van der Waals surface area contributed by atoms with E-state index in [9.17, 15) is 4.79 Å². The molecule has 0 aromatic heterocycles. The van der Waals surface area contributed by atoms with Crippen molar-refractivity contribution in [2.75, 3.05) is 26.2 Å². The SMILES string of the molecule is CC(C)(C)OC(=O)NCC(CN)N1CCOC2CCCC21. The van der Waals surface area contributed by atoms with E-state index in [4.69, 9.17) is 15.2 Å². The van der Waals surface area contributed by atoms with E-state index in [-0.39, 0.29) is 12.1 Å². The molecular formula is C15H29N3O3. The summed E-state index contributed by atoms with van der Waals surface area (Å²) in [4.78, 5) is 14.2. The minimum atomic E-state index is -0.474. The van der Waals surface area contributed by atoms with E-state index in [1.54, 1.807) is 0 Å². The molecule has 0 spiro atoms. The lowest BCUT2D eigenvalue weighted by Crippen LogP contribution is -2.58. The van der Waals surface area contributed by atoms with E-state index >= 15 is 0 Å². The van der Waals surface area contributed by atoms with Crippen LogP contribution in [-0.2, 0) is 9.47 Å². The highest BCUT2D eigenvalue weighted by molar-refractivity contribution is 5.67. The fraction of sp³-hybridized carbons (Fsp3) is 0.933. The highest BCUT2D eigenvalue weighted by atomic mass is 16.6. The van der Waals surface area contributed by atoms with Gasteiger partial charge in [-0.2, -0.15) is 0 Å². The number of fused-ring (bicyclic) bond motifs is 1. The van der Waals surface area contributed by atoms with Crippen molar-refractivity contribution in [3.05, 3.63) is 0 Å². The number of carbonyl (C=O) groups excluding carboxylic acids is 1. The molecule has 1 aliphatic heterocycles. The monoisotopic (exact) mass is 299 g/mol. The largest absolute Gasteiger partial charge is 0.444 e. The van der Waals surface area contributed by atoms with Gasteiger partial charge in [-0.15, -0.1) is 0 Å². The summed E-state index contributed by atoms with van der Waals surface area (Å²) in [5.41, 5.74) is 5.45. The molecule has 0 aromatic rings. The van der Waals surface area contributed by atoms with Gasteiger partial charge in [-0.3, -0.25) is 4.90 Å². The molecule has 2 aliphatic rings. The van der Waals surface area contributed by atoms with Crippen LogP contribution in [0.2, 0.25) is 0 Å². The molecule has 1 aliphatic carbocycles. The fourth-order valence-corrected chi connectivity index (χ4v) is 3.26. The van der Waals surface area contributed by atoms with Gasteiger partial charge < -0.3 is 20.5 Å². The maximum atomic E-state index is 11.8. The average molecular weight is 299 g/mol. The maximum Gasteiger partial charge on any atom is 0.407 e. The summed E-state index contributed by atoms with van der Waals surface area (Å²) in [6, 6.07) is 0.597. The van der Waals surface area contributed by atoms with Crippen LogP contribution in [0.3, 0.4) is 0 Å². The molecule has 6 heteroatoms. The molecule has 3 N–H and O–H groups in total. The second-order valence-electron chi connectivity index (χ2n) is 6.92. The number of carbonyl (C=O) groups is 1. The number of morpholine rings is 1. The average Bonchev–Trinajstić information content (AvgIpc) is 2.86. The third-order valence-corrected chi connectivity index (χ3v) is 4.15. The number of amides is 1. The molecule has 1 amide bonds. The Morgan fingerprint density at radius 1 is 1.48 bits per heavy atom. The first-order valence-electron chi connectivity index (χ1n) is 7.95. The quantitative estimate of drug-likeness (QED) is 0.812. The number of ether oxygens (including phenoxy) is 2. The molecule has 0 radical (unpaired) electrons. The summed E-state index contributed by atoms with van der Waals surface area (Å²) in [6.07, 6.45) is 3.47. The summed E-state index contributed by atoms with van der Waals surface area (Å²) >= 11 is 0. The Bertz CT molecular complexity index is 357. The van der Waals surface area contributed by atoms with Gasteiger partial charge in [0.05, 0.1) is 12.7 Å². The van der Waals surface area contributed by atoms with Crippen LogP contribution in [0.15, 0.2) is 0 Å². The number of nitrogens with zero attached hydrogens (tertiary/aromatic N) is 1. The van der Waals surface area contributed by atoms with Crippen LogP contribution in [0, 0.1) is 0 Å². The van der Waals surface area contributed by atoms with Gasteiger partial charge in [0.25, 0.3) is 0 Å².